The Bertz CT molecular complexity index is 1050. The standard InChI is InChI=1S/C22H15F5O2/c23-18-11-17(14-8-13-2-1-7-28-21(13)20(25)9-14)19(24)10-16(18)12-3-5-15(6-4-12)29-22(26)27/h3-6,8-11,22H,1-2,7H2. The minimum Gasteiger partial charge on any atom is -0.490 e. The summed E-state index contributed by atoms with van der Waals surface area (Å²) in [5.41, 5.74) is 1.01. The molecule has 0 amide bonds. The molecular weight excluding hydrogens is 391 g/mol. The van der Waals surface area contributed by atoms with Crippen molar-refractivity contribution in [1.82, 2.24) is 0 Å². The number of hydrogen-bond donors (Lipinski definition) is 0. The van der Waals surface area contributed by atoms with Crippen LogP contribution in [-0.2, 0) is 6.42 Å². The Morgan fingerprint density at radius 1 is 0.793 bits per heavy atom. The second kappa shape index (κ2) is 7.73. The second-order valence-corrected chi connectivity index (χ2v) is 6.61. The van der Waals surface area contributed by atoms with E-state index in [0.717, 1.165) is 24.6 Å². The molecule has 0 fully saturated rings. The summed E-state index contributed by atoms with van der Waals surface area (Å²) in [6.45, 7) is -2.56. The molecule has 29 heavy (non-hydrogen) atoms. The highest BCUT2D eigenvalue weighted by molar-refractivity contribution is 5.73. The van der Waals surface area contributed by atoms with E-state index in [-0.39, 0.29) is 28.2 Å². The Morgan fingerprint density at radius 3 is 2.10 bits per heavy atom. The summed E-state index contributed by atoms with van der Waals surface area (Å²) in [4.78, 5) is 0. The van der Waals surface area contributed by atoms with Crippen molar-refractivity contribution in [2.45, 2.75) is 19.5 Å². The van der Waals surface area contributed by atoms with Gasteiger partial charge in [0.25, 0.3) is 0 Å². The van der Waals surface area contributed by atoms with Crippen molar-refractivity contribution < 1.29 is 31.4 Å². The van der Waals surface area contributed by atoms with E-state index in [4.69, 9.17) is 4.74 Å². The first kappa shape index (κ1) is 19.2. The molecule has 7 heteroatoms. The summed E-state index contributed by atoms with van der Waals surface area (Å²) in [7, 11) is 0. The number of alkyl halides is 2. The first-order valence-corrected chi connectivity index (χ1v) is 8.92. The van der Waals surface area contributed by atoms with Crippen molar-refractivity contribution in [2.24, 2.45) is 0 Å². The lowest BCUT2D eigenvalue weighted by atomic mass is 9.95. The summed E-state index contributed by atoms with van der Waals surface area (Å²) in [6, 6.07) is 9.91. The van der Waals surface area contributed by atoms with Crippen molar-refractivity contribution in [1.29, 1.82) is 0 Å². The van der Waals surface area contributed by atoms with E-state index >= 15 is 0 Å². The van der Waals surface area contributed by atoms with Gasteiger partial charge < -0.3 is 9.47 Å². The molecule has 0 radical (unpaired) electrons. The van der Waals surface area contributed by atoms with Crippen LogP contribution in [0.15, 0.2) is 48.5 Å². The van der Waals surface area contributed by atoms with E-state index in [9.17, 15) is 22.0 Å². The fourth-order valence-electron chi connectivity index (χ4n) is 3.40. The van der Waals surface area contributed by atoms with Crippen LogP contribution in [-0.4, -0.2) is 13.2 Å². The van der Waals surface area contributed by atoms with Crippen LogP contribution < -0.4 is 9.47 Å². The Morgan fingerprint density at radius 2 is 1.45 bits per heavy atom. The molecule has 0 N–H and O–H groups in total. The third kappa shape index (κ3) is 3.90. The number of benzene rings is 3. The summed E-state index contributed by atoms with van der Waals surface area (Å²) < 4.78 is 77.8. The predicted molar refractivity (Wildman–Crippen MR) is 97.6 cm³/mol. The van der Waals surface area contributed by atoms with Gasteiger partial charge in [0.1, 0.15) is 17.4 Å². The van der Waals surface area contributed by atoms with Crippen LogP contribution in [0.5, 0.6) is 11.5 Å². The first-order valence-electron chi connectivity index (χ1n) is 8.92. The lowest BCUT2D eigenvalue weighted by molar-refractivity contribution is -0.0498. The van der Waals surface area contributed by atoms with E-state index < -0.39 is 24.1 Å². The molecule has 0 saturated carbocycles. The maximum absolute atomic E-state index is 14.8. The zero-order valence-corrected chi connectivity index (χ0v) is 15.0. The van der Waals surface area contributed by atoms with Gasteiger partial charge in [-0.25, -0.2) is 13.2 Å². The van der Waals surface area contributed by atoms with Crippen molar-refractivity contribution in [3.8, 4) is 33.8 Å². The highest BCUT2D eigenvalue weighted by Gasteiger charge is 2.20. The zero-order valence-electron chi connectivity index (χ0n) is 15.0. The highest BCUT2D eigenvalue weighted by atomic mass is 19.3. The third-order valence-electron chi connectivity index (χ3n) is 4.72. The van der Waals surface area contributed by atoms with Gasteiger partial charge in [-0.15, -0.1) is 0 Å². The average molecular weight is 406 g/mol. The molecule has 150 valence electrons. The quantitative estimate of drug-likeness (QED) is 0.469. The van der Waals surface area contributed by atoms with Gasteiger partial charge in [0, 0.05) is 11.1 Å². The molecule has 2 nitrogen and oxygen atoms in total. The molecule has 0 aromatic heterocycles. The topological polar surface area (TPSA) is 18.5 Å². The predicted octanol–water partition coefficient (Wildman–Crippen LogP) is 6.36. The largest absolute Gasteiger partial charge is 0.490 e. The Kier molecular flexibility index (Phi) is 5.13. The van der Waals surface area contributed by atoms with Gasteiger partial charge in [0.2, 0.25) is 0 Å². The number of rotatable bonds is 4. The van der Waals surface area contributed by atoms with Crippen LogP contribution in [0, 0.1) is 17.5 Å². The molecule has 3 aromatic carbocycles. The molecular formula is C22H15F5O2. The van der Waals surface area contributed by atoms with E-state index in [1.807, 2.05) is 0 Å². The Balaban J connectivity index is 1.70. The van der Waals surface area contributed by atoms with Gasteiger partial charge in [-0.2, -0.15) is 8.78 Å². The SMILES string of the molecule is Fc1cc(-c2cc(F)c3c(c2)CCCO3)c(F)cc1-c1ccc(OC(F)F)cc1. The monoisotopic (exact) mass is 406 g/mol. The number of hydrogen-bond acceptors (Lipinski definition) is 2. The van der Waals surface area contributed by atoms with E-state index in [2.05, 4.69) is 4.74 Å². The Labute approximate surface area is 163 Å². The minimum absolute atomic E-state index is 0.0448. The van der Waals surface area contributed by atoms with E-state index in [1.54, 1.807) is 6.07 Å². The normalized spacial score (nSPS) is 13.2. The summed E-state index contributed by atoms with van der Waals surface area (Å²) in [5.74, 6) is -2.00. The van der Waals surface area contributed by atoms with Crippen LogP contribution in [0.3, 0.4) is 0 Å². The summed E-state index contributed by atoms with van der Waals surface area (Å²) >= 11 is 0. The van der Waals surface area contributed by atoms with Crippen LogP contribution in [0.25, 0.3) is 22.3 Å². The number of fused-ring (bicyclic) bond motifs is 1. The number of halogens is 5. The van der Waals surface area contributed by atoms with Crippen LogP contribution >= 0.6 is 0 Å². The molecule has 1 aliphatic heterocycles. The molecule has 0 unspecified atom stereocenters. The highest BCUT2D eigenvalue weighted by Crippen LogP contribution is 2.36. The molecule has 1 aliphatic rings. The molecule has 4 rings (SSSR count). The van der Waals surface area contributed by atoms with E-state index in [1.165, 1.54) is 24.3 Å². The van der Waals surface area contributed by atoms with Crippen LogP contribution in [0.1, 0.15) is 12.0 Å². The van der Waals surface area contributed by atoms with Gasteiger partial charge in [-0.1, -0.05) is 12.1 Å². The van der Waals surface area contributed by atoms with Crippen LogP contribution in [0.4, 0.5) is 22.0 Å². The van der Waals surface area contributed by atoms with Crippen LogP contribution in [0.2, 0.25) is 0 Å². The Hall–Kier alpha value is -3.09. The number of ether oxygens (including phenoxy) is 2. The molecule has 0 atom stereocenters. The summed E-state index contributed by atoms with van der Waals surface area (Å²) in [6.07, 6.45) is 1.31. The van der Waals surface area contributed by atoms with Gasteiger partial charge in [0.05, 0.1) is 6.61 Å². The van der Waals surface area contributed by atoms with E-state index in [0.29, 0.717) is 24.2 Å². The fraction of sp³-hybridized carbons (Fsp3) is 0.182. The molecule has 3 aromatic rings. The molecule has 0 spiro atoms. The van der Waals surface area contributed by atoms with Gasteiger partial charge in [-0.05, 0) is 65.9 Å². The van der Waals surface area contributed by atoms with Gasteiger partial charge >= 0.3 is 6.61 Å². The number of aryl methyl sites for hydroxylation is 1. The molecule has 0 saturated heterocycles. The maximum atomic E-state index is 14.8. The molecule has 0 bridgehead atoms. The smallest absolute Gasteiger partial charge is 0.387 e. The van der Waals surface area contributed by atoms with Crippen molar-refractivity contribution >= 4 is 0 Å². The minimum atomic E-state index is -2.98. The van der Waals surface area contributed by atoms with Gasteiger partial charge in [-0.3, -0.25) is 0 Å². The summed E-state index contributed by atoms with van der Waals surface area (Å²) in [5, 5.41) is 0. The van der Waals surface area contributed by atoms with Crippen molar-refractivity contribution in [2.75, 3.05) is 6.61 Å². The third-order valence-corrected chi connectivity index (χ3v) is 4.72. The molecule has 0 aliphatic carbocycles. The first-order chi connectivity index (χ1) is 13.9. The lowest BCUT2D eigenvalue weighted by Gasteiger charge is -2.19. The zero-order chi connectivity index (χ0) is 20.5. The average Bonchev–Trinajstić information content (AvgIpc) is 2.69. The van der Waals surface area contributed by atoms with Crippen molar-refractivity contribution in [3.05, 3.63) is 71.5 Å². The second-order valence-electron chi connectivity index (χ2n) is 6.61. The lowest BCUT2D eigenvalue weighted by Crippen LogP contribution is -2.10. The van der Waals surface area contributed by atoms with Gasteiger partial charge in [0.15, 0.2) is 11.6 Å². The van der Waals surface area contributed by atoms with Crippen molar-refractivity contribution in [3.63, 3.8) is 0 Å². The maximum Gasteiger partial charge on any atom is 0.387 e. The fourth-order valence-corrected chi connectivity index (χ4v) is 3.40. The molecule has 1 heterocycles.